The lowest BCUT2D eigenvalue weighted by Gasteiger charge is -2.14. The van der Waals surface area contributed by atoms with Crippen molar-refractivity contribution in [1.29, 1.82) is 0 Å². The summed E-state index contributed by atoms with van der Waals surface area (Å²) in [4.78, 5) is 1.93. The largest absolute Gasteiger partial charge is 0.344 e. The van der Waals surface area contributed by atoms with E-state index in [1.165, 1.54) is 17.6 Å². The highest BCUT2D eigenvalue weighted by Gasteiger charge is 2.07. The molecule has 0 fully saturated rings. The van der Waals surface area contributed by atoms with Gasteiger partial charge in [0.05, 0.1) is 0 Å². The monoisotopic (exact) mass is 238 g/mol. The summed E-state index contributed by atoms with van der Waals surface area (Å²) < 4.78 is 16.8. The zero-order valence-corrected chi connectivity index (χ0v) is 9.83. The van der Waals surface area contributed by atoms with Crippen LogP contribution in [0.25, 0.3) is 0 Å². The van der Waals surface area contributed by atoms with Crippen molar-refractivity contribution >= 4 is 16.7 Å². The first-order chi connectivity index (χ1) is 7.66. The number of hydrogen-bond donors (Lipinski definition) is 0. The van der Waals surface area contributed by atoms with Gasteiger partial charge in [-0.15, -0.1) is 0 Å². The summed E-state index contributed by atoms with van der Waals surface area (Å²) in [6.07, 6.45) is 0. The average molecular weight is 238 g/mol. The molecule has 0 atom stereocenters. The molecular weight excluding hydrogens is 227 g/mol. The van der Waals surface area contributed by atoms with Crippen molar-refractivity contribution in [3.8, 4) is 0 Å². The summed E-state index contributed by atoms with van der Waals surface area (Å²) in [6.45, 7) is 2.42. The van der Waals surface area contributed by atoms with Gasteiger partial charge < -0.3 is 4.90 Å². The third-order valence-corrected chi connectivity index (χ3v) is 2.97. The maximum absolute atomic E-state index is 13.1. The molecule has 84 valence electrons. The Morgan fingerprint density at radius 2 is 2.25 bits per heavy atom. The van der Waals surface area contributed by atoms with Crippen molar-refractivity contribution in [2.24, 2.45) is 0 Å². The summed E-state index contributed by atoms with van der Waals surface area (Å²) in [5.41, 5.74) is 1.69. The number of halogens is 1. The van der Waals surface area contributed by atoms with Gasteiger partial charge in [0.15, 0.2) is 0 Å². The number of aryl methyl sites for hydroxylation is 1. The standard InChI is InChI=1S/C10H11FN4S/c1-7-5-8(3-4-9(7)11)6-15(2)10-12-13-14-16-10/h3-5H,6H2,1-2H3. The van der Waals surface area contributed by atoms with Crippen LogP contribution in [-0.2, 0) is 6.54 Å². The van der Waals surface area contributed by atoms with E-state index in [-0.39, 0.29) is 5.82 Å². The second-order valence-corrected chi connectivity index (χ2v) is 4.30. The predicted molar refractivity (Wildman–Crippen MR) is 60.9 cm³/mol. The van der Waals surface area contributed by atoms with E-state index >= 15 is 0 Å². The van der Waals surface area contributed by atoms with E-state index < -0.39 is 0 Å². The van der Waals surface area contributed by atoms with E-state index in [9.17, 15) is 4.39 Å². The Balaban J connectivity index is 2.12. The van der Waals surface area contributed by atoms with Crippen LogP contribution in [0.15, 0.2) is 18.2 Å². The lowest BCUT2D eigenvalue weighted by atomic mass is 10.1. The molecule has 0 unspecified atom stereocenters. The van der Waals surface area contributed by atoms with Crippen molar-refractivity contribution in [2.75, 3.05) is 11.9 Å². The van der Waals surface area contributed by atoms with Crippen LogP contribution in [0.1, 0.15) is 11.1 Å². The van der Waals surface area contributed by atoms with Crippen molar-refractivity contribution in [3.63, 3.8) is 0 Å². The lowest BCUT2D eigenvalue weighted by molar-refractivity contribution is 0.617. The first kappa shape index (κ1) is 10.9. The van der Waals surface area contributed by atoms with Gasteiger partial charge in [-0.25, -0.2) is 4.39 Å². The van der Waals surface area contributed by atoms with Gasteiger partial charge in [0.2, 0.25) is 5.13 Å². The van der Waals surface area contributed by atoms with Crippen molar-refractivity contribution in [3.05, 3.63) is 35.1 Å². The average Bonchev–Trinajstić information content (AvgIpc) is 2.77. The number of aromatic nitrogens is 3. The number of hydrogen-bond acceptors (Lipinski definition) is 5. The zero-order chi connectivity index (χ0) is 11.5. The molecule has 0 bridgehead atoms. The Kier molecular flexibility index (Phi) is 3.09. The van der Waals surface area contributed by atoms with Crippen LogP contribution < -0.4 is 4.90 Å². The molecule has 0 saturated carbocycles. The molecule has 1 aromatic carbocycles. The van der Waals surface area contributed by atoms with E-state index in [0.29, 0.717) is 12.1 Å². The summed E-state index contributed by atoms with van der Waals surface area (Å²) in [5.74, 6) is -0.177. The third kappa shape index (κ3) is 2.33. The van der Waals surface area contributed by atoms with E-state index in [2.05, 4.69) is 14.8 Å². The quantitative estimate of drug-likeness (QED) is 0.820. The van der Waals surface area contributed by atoms with Crippen LogP contribution in [0.5, 0.6) is 0 Å². The van der Waals surface area contributed by atoms with Gasteiger partial charge in [-0.2, -0.15) is 0 Å². The second-order valence-electron chi connectivity index (χ2n) is 3.58. The van der Waals surface area contributed by atoms with Crippen LogP contribution in [0.3, 0.4) is 0 Å². The molecular formula is C10H11FN4S. The molecule has 0 amide bonds. The zero-order valence-electron chi connectivity index (χ0n) is 9.01. The molecule has 4 nitrogen and oxygen atoms in total. The first-order valence-corrected chi connectivity index (χ1v) is 5.55. The number of anilines is 1. The lowest BCUT2D eigenvalue weighted by Crippen LogP contribution is -2.16. The van der Waals surface area contributed by atoms with Crippen LogP contribution in [0.2, 0.25) is 0 Å². The van der Waals surface area contributed by atoms with Gasteiger partial charge >= 0.3 is 0 Å². The topological polar surface area (TPSA) is 41.9 Å². The minimum atomic E-state index is -0.177. The molecule has 2 aromatic rings. The smallest absolute Gasteiger partial charge is 0.227 e. The SMILES string of the molecule is Cc1cc(CN(C)c2nnns2)ccc1F. The molecule has 16 heavy (non-hydrogen) atoms. The number of benzene rings is 1. The Labute approximate surface area is 96.9 Å². The summed E-state index contributed by atoms with van der Waals surface area (Å²) in [6, 6.07) is 5.09. The van der Waals surface area contributed by atoms with Gasteiger partial charge in [-0.1, -0.05) is 21.7 Å². The fourth-order valence-corrected chi connectivity index (χ4v) is 1.85. The molecule has 0 spiro atoms. The fourth-order valence-electron chi connectivity index (χ4n) is 1.42. The van der Waals surface area contributed by atoms with Crippen LogP contribution in [0, 0.1) is 12.7 Å². The second kappa shape index (κ2) is 4.52. The van der Waals surface area contributed by atoms with Gasteiger partial charge in [0.1, 0.15) is 5.82 Å². The van der Waals surface area contributed by atoms with Crippen molar-refractivity contribution < 1.29 is 4.39 Å². The maximum atomic E-state index is 13.1. The maximum Gasteiger partial charge on any atom is 0.227 e. The molecule has 0 N–H and O–H groups in total. The molecule has 0 saturated heterocycles. The van der Waals surface area contributed by atoms with Crippen LogP contribution >= 0.6 is 11.5 Å². The van der Waals surface area contributed by atoms with E-state index in [4.69, 9.17) is 0 Å². The normalized spacial score (nSPS) is 10.4. The molecule has 2 rings (SSSR count). The summed E-state index contributed by atoms with van der Waals surface area (Å²) in [5, 5.41) is 8.15. The first-order valence-electron chi connectivity index (χ1n) is 4.78. The third-order valence-electron chi connectivity index (χ3n) is 2.26. The Morgan fingerprint density at radius 1 is 1.44 bits per heavy atom. The minimum Gasteiger partial charge on any atom is -0.344 e. The highest BCUT2D eigenvalue weighted by Crippen LogP contribution is 2.16. The minimum absolute atomic E-state index is 0.177. The number of rotatable bonds is 3. The van der Waals surface area contributed by atoms with Gasteiger partial charge in [0, 0.05) is 25.1 Å². The Hall–Kier alpha value is -1.56. The molecule has 6 heteroatoms. The highest BCUT2D eigenvalue weighted by molar-refractivity contribution is 7.09. The number of nitrogens with zero attached hydrogens (tertiary/aromatic N) is 4. The van der Waals surface area contributed by atoms with Crippen LogP contribution in [-0.4, -0.2) is 21.8 Å². The molecule has 1 heterocycles. The van der Waals surface area contributed by atoms with Gasteiger partial charge in [-0.05, 0) is 29.3 Å². The van der Waals surface area contributed by atoms with Crippen LogP contribution in [0.4, 0.5) is 9.52 Å². The molecule has 0 aliphatic heterocycles. The predicted octanol–water partition coefficient (Wildman–Crippen LogP) is 2.02. The summed E-state index contributed by atoms with van der Waals surface area (Å²) >= 11 is 1.24. The Bertz CT molecular complexity index is 472. The highest BCUT2D eigenvalue weighted by atomic mass is 32.1. The van der Waals surface area contributed by atoms with E-state index in [1.807, 2.05) is 18.0 Å². The molecule has 0 aliphatic rings. The fraction of sp³-hybridized carbons (Fsp3) is 0.300. The van der Waals surface area contributed by atoms with Crippen molar-refractivity contribution in [2.45, 2.75) is 13.5 Å². The van der Waals surface area contributed by atoms with E-state index in [1.54, 1.807) is 13.0 Å². The molecule has 1 aromatic heterocycles. The Morgan fingerprint density at radius 3 is 2.88 bits per heavy atom. The van der Waals surface area contributed by atoms with Crippen molar-refractivity contribution in [1.82, 2.24) is 14.8 Å². The molecule has 0 aliphatic carbocycles. The molecule has 0 radical (unpaired) electrons. The van der Waals surface area contributed by atoms with Gasteiger partial charge in [0.25, 0.3) is 0 Å². The van der Waals surface area contributed by atoms with E-state index in [0.717, 1.165) is 10.7 Å². The van der Waals surface area contributed by atoms with Gasteiger partial charge in [-0.3, -0.25) is 0 Å². The summed E-state index contributed by atoms with van der Waals surface area (Å²) in [7, 11) is 1.90.